The van der Waals surface area contributed by atoms with E-state index in [1.54, 1.807) is 6.92 Å². The highest BCUT2D eigenvalue weighted by Crippen LogP contribution is 2.09. The highest BCUT2D eigenvalue weighted by Gasteiger charge is 2.25. The van der Waals surface area contributed by atoms with Crippen molar-refractivity contribution in [3.05, 3.63) is 0 Å². The Morgan fingerprint density at radius 1 is 1.32 bits per heavy atom. The summed E-state index contributed by atoms with van der Waals surface area (Å²) in [5.74, 6) is 0.738. The molecule has 25 heavy (non-hydrogen) atoms. The van der Waals surface area contributed by atoms with Gasteiger partial charge in [0, 0.05) is 39.0 Å². The number of rotatable bonds is 9. The van der Waals surface area contributed by atoms with E-state index in [1.165, 1.54) is 6.26 Å². The van der Waals surface area contributed by atoms with Crippen LogP contribution in [-0.2, 0) is 14.6 Å². The molecule has 0 spiro atoms. The Hall–Kier alpha value is -0.170. The fraction of sp³-hybridized carbons (Fsp3) is 0.933. The van der Waals surface area contributed by atoms with Crippen LogP contribution in [-0.4, -0.2) is 94.5 Å². The number of β-amino-alcohol motifs (C(OH)–C–C–N with tert-alkyl or cyclic N) is 1. The molecular weight excluding hydrogens is 459 g/mol. The Morgan fingerprint density at radius 2 is 1.96 bits per heavy atom. The van der Waals surface area contributed by atoms with E-state index in [0.29, 0.717) is 45.2 Å². The van der Waals surface area contributed by atoms with Gasteiger partial charge in [0.05, 0.1) is 31.1 Å². The van der Waals surface area contributed by atoms with Gasteiger partial charge in [-0.1, -0.05) is 0 Å². The lowest BCUT2D eigenvalue weighted by Crippen LogP contribution is -2.48. The molecule has 0 aromatic heterocycles. The van der Waals surface area contributed by atoms with Gasteiger partial charge in [-0.3, -0.25) is 9.89 Å². The van der Waals surface area contributed by atoms with Gasteiger partial charge in [0.15, 0.2) is 5.96 Å². The van der Waals surface area contributed by atoms with E-state index in [0.717, 1.165) is 13.1 Å². The summed E-state index contributed by atoms with van der Waals surface area (Å²) >= 11 is 0. The van der Waals surface area contributed by atoms with E-state index in [1.807, 2.05) is 6.92 Å². The summed E-state index contributed by atoms with van der Waals surface area (Å²) in [7, 11) is -2.94. The zero-order valence-corrected chi connectivity index (χ0v) is 18.6. The summed E-state index contributed by atoms with van der Waals surface area (Å²) < 4.78 is 27.6. The molecule has 8 nitrogen and oxygen atoms in total. The minimum Gasteiger partial charge on any atom is -0.387 e. The maximum atomic E-state index is 11.1. The van der Waals surface area contributed by atoms with E-state index in [2.05, 4.69) is 20.5 Å². The molecule has 0 aromatic carbocycles. The number of ether oxygens (including phenoxy) is 1. The number of nitrogens with one attached hydrogen (secondary N) is 2. The fourth-order valence-corrected chi connectivity index (χ4v) is 3.09. The van der Waals surface area contributed by atoms with Gasteiger partial charge in [-0.25, -0.2) is 8.42 Å². The lowest BCUT2D eigenvalue weighted by molar-refractivity contribution is -0.0179. The third-order valence-corrected chi connectivity index (χ3v) is 4.60. The molecule has 1 saturated heterocycles. The largest absolute Gasteiger partial charge is 0.387 e. The maximum Gasteiger partial charge on any atom is 0.191 e. The predicted molar refractivity (Wildman–Crippen MR) is 112 cm³/mol. The Labute approximate surface area is 168 Å². The van der Waals surface area contributed by atoms with E-state index >= 15 is 0 Å². The summed E-state index contributed by atoms with van der Waals surface area (Å²) in [5.41, 5.74) is -0.924. The topological polar surface area (TPSA) is 103 Å². The lowest BCUT2D eigenvalue weighted by atomic mass is 10.1. The van der Waals surface area contributed by atoms with Crippen LogP contribution in [0.4, 0.5) is 0 Å². The van der Waals surface area contributed by atoms with Crippen LogP contribution in [0.1, 0.15) is 20.3 Å². The van der Waals surface area contributed by atoms with Crippen LogP contribution in [0.15, 0.2) is 4.99 Å². The van der Waals surface area contributed by atoms with E-state index < -0.39 is 15.4 Å². The van der Waals surface area contributed by atoms with Gasteiger partial charge in [0.1, 0.15) is 9.84 Å². The first-order valence-corrected chi connectivity index (χ1v) is 10.5. The first kappa shape index (κ1) is 24.8. The molecular formula is C15H33IN4O4S. The summed E-state index contributed by atoms with van der Waals surface area (Å²) in [5, 5.41) is 16.7. The Bertz CT molecular complexity index is 494. The van der Waals surface area contributed by atoms with Crippen molar-refractivity contribution < 1.29 is 18.3 Å². The molecule has 0 aromatic rings. The number of guanidine groups is 1. The smallest absolute Gasteiger partial charge is 0.191 e. The molecule has 0 saturated carbocycles. The third kappa shape index (κ3) is 12.8. The second-order valence-corrected chi connectivity index (χ2v) is 8.75. The number of halogens is 1. The van der Waals surface area contributed by atoms with Crippen LogP contribution in [0.3, 0.4) is 0 Å². The van der Waals surface area contributed by atoms with Crippen molar-refractivity contribution in [3.63, 3.8) is 0 Å². The molecule has 0 aliphatic carbocycles. The molecule has 150 valence electrons. The number of hydrogen-bond acceptors (Lipinski definition) is 6. The number of aliphatic imine (C=N–C) groups is 1. The molecule has 1 rings (SSSR count). The normalized spacial score (nSPS) is 19.0. The summed E-state index contributed by atoms with van der Waals surface area (Å²) in [4.78, 5) is 6.59. The highest BCUT2D eigenvalue weighted by molar-refractivity contribution is 14.0. The molecule has 1 heterocycles. The van der Waals surface area contributed by atoms with Gasteiger partial charge in [-0.2, -0.15) is 0 Å². The number of hydrogen-bond donors (Lipinski definition) is 3. The Kier molecular flexibility index (Phi) is 12.2. The number of aliphatic hydroxyl groups is 1. The fourth-order valence-electron chi connectivity index (χ4n) is 2.42. The summed E-state index contributed by atoms with van der Waals surface area (Å²) in [6, 6.07) is 0. The monoisotopic (exact) mass is 492 g/mol. The van der Waals surface area contributed by atoms with Gasteiger partial charge >= 0.3 is 0 Å². The zero-order chi connectivity index (χ0) is 18.1. The first-order valence-electron chi connectivity index (χ1n) is 8.44. The molecule has 1 aliphatic rings. The summed E-state index contributed by atoms with van der Waals surface area (Å²) in [6.45, 7) is 8.81. The lowest BCUT2D eigenvalue weighted by Gasteiger charge is -2.33. The molecule has 1 aliphatic heterocycles. The standard InChI is InChI=1S/C15H32N4O4S.HI/c1-4-16-14(17-6-5-11-24(3,21)22)18-12-15(2,20)13-19-7-9-23-10-8-19;/h20H,4-13H2,1-3H3,(H2,16,17,18);1H. The van der Waals surface area contributed by atoms with Crippen molar-refractivity contribution in [1.29, 1.82) is 0 Å². The van der Waals surface area contributed by atoms with Crippen molar-refractivity contribution in [2.24, 2.45) is 4.99 Å². The average molecular weight is 492 g/mol. The quantitative estimate of drug-likeness (QED) is 0.176. The van der Waals surface area contributed by atoms with Crippen molar-refractivity contribution >= 4 is 39.8 Å². The van der Waals surface area contributed by atoms with Crippen molar-refractivity contribution in [2.45, 2.75) is 25.9 Å². The van der Waals surface area contributed by atoms with Crippen LogP contribution in [0.5, 0.6) is 0 Å². The van der Waals surface area contributed by atoms with E-state index in [4.69, 9.17) is 4.74 Å². The van der Waals surface area contributed by atoms with Gasteiger partial charge in [0.25, 0.3) is 0 Å². The van der Waals surface area contributed by atoms with Crippen LogP contribution in [0, 0.1) is 0 Å². The predicted octanol–water partition coefficient (Wildman–Crippen LogP) is -0.323. The maximum absolute atomic E-state index is 11.1. The van der Waals surface area contributed by atoms with Crippen LogP contribution in [0.2, 0.25) is 0 Å². The summed E-state index contributed by atoms with van der Waals surface area (Å²) in [6.07, 6.45) is 1.75. The third-order valence-electron chi connectivity index (χ3n) is 3.57. The SMILES string of the molecule is CCNC(=NCC(C)(O)CN1CCOCC1)NCCCS(C)(=O)=O.I. The Balaban J connectivity index is 0.00000576. The second-order valence-electron chi connectivity index (χ2n) is 6.49. The van der Waals surface area contributed by atoms with Gasteiger partial charge in [-0.15, -0.1) is 24.0 Å². The average Bonchev–Trinajstić information content (AvgIpc) is 2.48. The van der Waals surface area contributed by atoms with Crippen LogP contribution >= 0.6 is 24.0 Å². The minimum atomic E-state index is -2.94. The van der Waals surface area contributed by atoms with Gasteiger partial charge in [-0.05, 0) is 20.3 Å². The molecule has 1 atom stereocenters. The van der Waals surface area contributed by atoms with Crippen molar-refractivity contribution in [2.75, 3.05) is 64.5 Å². The highest BCUT2D eigenvalue weighted by atomic mass is 127. The van der Waals surface area contributed by atoms with E-state index in [9.17, 15) is 13.5 Å². The van der Waals surface area contributed by atoms with Crippen molar-refractivity contribution in [3.8, 4) is 0 Å². The van der Waals surface area contributed by atoms with Gasteiger partial charge in [0.2, 0.25) is 0 Å². The molecule has 1 unspecified atom stereocenters. The molecule has 3 N–H and O–H groups in total. The second kappa shape index (κ2) is 12.3. The molecule has 10 heteroatoms. The number of nitrogens with zero attached hydrogens (tertiary/aromatic N) is 2. The number of morpholine rings is 1. The van der Waals surface area contributed by atoms with Gasteiger partial charge < -0.3 is 20.5 Å². The number of sulfone groups is 1. The molecule has 1 fully saturated rings. The van der Waals surface area contributed by atoms with Crippen LogP contribution in [0.25, 0.3) is 0 Å². The minimum absolute atomic E-state index is 0. The molecule has 0 radical (unpaired) electrons. The van der Waals surface area contributed by atoms with E-state index in [-0.39, 0.29) is 36.3 Å². The molecule has 0 bridgehead atoms. The first-order chi connectivity index (χ1) is 11.2. The van der Waals surface area contributed by atoms with Crippen LogP contribution < -0.4 is 10.6 Å². The van der Waals surface area contributed by atoms with Crippen molar-refractivity contribution in [1.82, 2.24) is 15.5 Å². The zero-order valence-electron chi connectivity index (χ0n) is 15.5. The Morgan fingerprint density at radius 3 is 2.52 bits per heavy atom. The molecule has 0 amide bonds.